The molecule has 1 aliphatic rings. The van der Waals surface area contributed by atoms with Crippen molar-refractivity contribution >= 4 is 55.2 Å². The Morgan fingerprint density at radius 2 is 1.92 bits per heavy atom. The molecular formula is C19H16Br2N2O3. The molecule has 3 rings (SSSR count). The number of rotatable bonds is 4. The largest absolute Gasteiger partial charge is 0.503 e. The number of hydrogen-bond acceptors (Lipinski definition) is 4. The monoisotopic (exact) mass is 478 g/mol. The third kappa shape index (κ3) is 3.68. The second kappa shape index (κ2) is 7.63. The van der Waals surface area contributed by atoms with Gasteiger partial charge >= 0.3 is 0 Å². The van der Waals surface area contributed by atoms with Gasteiger partial charge in [-0.3, -0.25) is 4.79 Å². The number of amides is 1. The van der Waals surface area contributed by atoms with E-state index in [9.17, 15) is 9.90 Å². The predicted molar refractivity (Wildman–Crippen MR) is 110 cm³/mol. The lowest BCUT2D eigenvalue weighted by Gasteiger charge is -2.12. The summed E-state index contributed by atoms with van der Waals surface area (Å²) in [5.74, 6) is 0.194. The molecule has 0 unspecified atom stereocenters. The van der Waals surface area contributed by atoms with Gasteiger partial charge in [0.25, 0.3) is 5.91 Å². The second-order valence-electron chi connectivity index (χ2n) is 5.62. The van der Waals surface area contributed by atoms with E-state index in [0.29, 0.717) is 33.8 Å². The number of halogens is 2. The summed E-state index contributed by atoms with van der Waals surface area (Å²) in [7, 11) is 0. The predicted octanol–water partition coefficient (Wildman–Crippen LogP) is 5.12. The maximum Gasteiger partial charge on any atom is 0.280 e. The molecular weight excluding hydrogens is 464 g/mol. The molecule has 0 fully saturated rings. The molecule has 2 aromatic carbocycles. The standard InChI is InChI=1S/C19H16Br2N2O3/c1-3-26-17-10-12(9-16(21)18(17)24)8-15-11(2)22-23(19(15)25)14-6-4-13(20)5-7-14/h4-10,24H,3H2,1-2H3/b15-8+. The van der Waals surface area contributed by atoms with Crippen LogP contribution in [0.3, 0.4) is 0 Å². The Kier molecular flexibility index (Phi) is 5.48. The van der Waals surface area contributed by atoms with Crippen molar-refractivity contribution < 1.29 is 14.6 Å². The van der Waals surface area contributed by atoms with Crippen LogP contribution < -0.4 is 9.75 Å². The summed E-state index contributed by atoms with van der Waals surface area (Å²) in [5.41, 5.74) is 2.55. The van der Waals surface area contributed by atoms with E-state index in [1.807, 2.05) is 31.2 Å². The number of phenolic OH excluding ortho intramolecular Hbond substituents is 1. The van der Waals surface area contributed by atoms with Crippen LogP contribution in [-0.2, 0) is 4.79 Å². The molecule has 0 bridgehead atoms. The third-order valence-electron chi connectivity index (χ3n) is 3.80. The fourth-order valence-corrected chi connectivity index (χ4v) is 3.27. The van der Waals surface area contributed by atoms with Crippen molar-refractivity contribution in [1.29, 1.82) is 0 Å². The average molecular weight is 480 g/mol. The molecule has 1 amide bonds. The van der Waals surface area contributed by atoms with Crippen molar-refractivity contribution in [2.45, 2.75) is 13.8 Å². The summed E-state index contributed by atoms with van der Waals surface area (Å²) < 4.78 is 6.87. The summed E-state index contributed by atoms with van der Waals surface area (Å²) in [6.45, 7) is 4.06. The first-order valence-electron chi connectivity index (χ1n) is 7.93. The Hall–Kier alpha value is -2.12. The summed E-state index contributed by atoms with van der Waals surface area (Å²) in [6.07, 6.45) is 1.74. The van der Waals surface area contributed by atoms with E-state index < -0.39 is 0 Å². The molecule has 1 heterocycles. The van der Waals surface area contributed by atoms with E-state index in [1.165, 1.54) is 5.01 Å². The number of phenols is 1. The van der Waals surface area contributed by atoms with Gasteiger partial charge in [0.1, 0.15) is 0 Å². The molecule has 1 N–H and O–H groups in total. The Morgan fingerprint density at radius 1 is 1.23 bits per heavy atom. The first-order chi connectivity index (χ1) is 12.4. The highest BCUT2D eigenvalue weighted by Gasteiger charge is 2.28. The van der Waals surface area contributed by atoms with Crippen LogP contribution in [0.5, 0.6) is 11.5 Å². The molecule has 5 nitrogen and oxygen atoms in total. The molecule has 0 radical (unpaired) electrons. The van der Waals surface area contributed by atoms with Crippen LogP contribution in [0.25, 0.3) is 6.08 Å². The summed E-state index contributed by atoms with van der Waals surface area (Å²) in [5, 5.41) is 15.8. The molecule has 0 atom stereocenters. The number of aromatic hydroxyl groups is 1. The number of hydrazone groups is 1. The topological polar surface area (TPSA) is 62.1 Å². The minimum atomic E-state index is -0.202. The van der Waals surface area contributed by atoms with E-state index in [2.05, 4.69) is 37.0 Å². The minimum Gasteiger partial charge on any atom is -0.503 e. The molecule has 1 aliphatic heterocycles. The van der Waals surface area contributed by atoms with Crippen molar-refractivity contribution in [2.75, 3.05) is 11.6 Å². The first kappa shape index (κ1) is 18.7. The SMILES string of the molecule is CCOc1cc(/C=C2/C(=O)N(c3ccc(Br)cc3)N=C2C)cc(Br)c1O. The van der Waals surface area contributed by atoms with Crippen molar-refractivity contribution in [2.24, 2.45) is 5.10 Å². The lowest BCUT2D eigenvalue weighted by atomic mass is 10.1. The molecule has 7 heteroatoms. The zero-order valence-corrected chi connectivity index (χ0v) is 17.3. The fraction of sp³-hybridized carbons (Fsp3) is 0.158. The normalized spacial score (nSPS) is 15.5. The van der Waals surface area contributed by atoms with Gasteiger partial charge in [0.05, 0.1) is 28.1 Å². The molecule has 0 saturated carbocycles. The van der Waals surface area contributed by atoms with Crippen LogP contribution in [0.15, 0.2) is 56.0 Å². The summed E-state index contributed by atoms with van der Waals surface area (Å²) >= 11 is 6.69. The lowest BCUT2D eigenvalue weighted by molar-refractivity contribution is -0.114. The van der Waals surface area contributed by atoms with Gasteiger partial charge in [-0.2, -0.15) is 10.1 Å². The molecule has 2 aromatic rings. The van der Waals surface area contributed by atoms with Crippen LogP contribution in [0.1, 0.15) is 19.4 Å². The van der Waals surface area contributed by atoms with Crippen molar-refractivity contribution in [3.63, 3.8) is 0 Å². The second-order valence-corrected chi connectivity index (χ2v) is 7.39. The molecule has 0 aromatic heterocycles. The zero-order chi connectivity index (χ0) is 18.8. The summed E-state index contributed by atoms with van der Waals surface area (Å²) in [6, 6.07) is 10.8. The van der Waals surface area contributed by atoms with Gasteiger partial charge in [-0.05, 0) is 77.8 Å². The number of hydrogen-bond donors (Lipinski definition) is 1. The number of benzene rings is 2. The zero-order valence-electron chi connectivity index (χ0n) is 14.2. The number of anilines is 1. The van der Waals surface area contributed by atoms with Gasteiger partial charge in [0, 0.05) is 4.47 Å². The quantitative estimate of drug-likeness (QED) is 0.619. The molecule has 0 spiro atoms. The third-order valence-corrected chi connectivity index (χ3v) is 4.93. The van der Waals surface area contributed by atoms with Crippen LogP contribution in [0, 0.1) is 0 Å². The number of nitrogens with zero attached hydrogens (tertiary/aromatic N) is 2. The molecule has 0 aliphatic carbocycles. The Morgan fingerprint density at radius 3 is 2.58 bits per heavy atom. The average Bonchev–Trinajstić information content (AvgIpc) is 2.88. The minimum absolute atomic E-state index is 0.0358. The lowest BCUT2D eigenvalue weighted by Crippen LogP contribution is -2.21. The highest BCUT2D eigenvalue weighted by atomic mass is 79.9. The molecule has 134 valence electrons. The fourth-order valence-electron chi connectivity index (χ4n) is 2.55. The van der Waals surface area contributed by atoms with E-state index in [0.717, 1.165) is 10.0 Å². The highest BCUT2D eigenvalue weighted by molar-refractivity contribution is 9.10. The van der Waals surface area contributed by atoms with Gasteiger partial charge in [-0.25, -0.2) is 0 Å². The van der Waals surface area contributed by atoms with Crippen LogP contribution in [-0.4, -0.2) is 23.3 Å². The number of ether oxygens (including phenoxy) is 1. The Bertz CT molecular complexity index is 921. The van der Waals surface area contributed by atoms with Gasteiger partial charge in [-0.15, -0.1) is 0 Å². The summed E-state index contributed by atoms with van der Waals surface area (Å²) in [4.78, 5) is 12.8. The molecule has 0 saturated heterocycles. The van der Waals surface area contributed by atoms with Gasteiger partial charge in [0.15, 0.2) is 11.5 Å². The van der Waals surface area contributed by atoms with Gasteiger partial charge in [-0.1, -0.05) is 15.9 Å². The smallest absolute Gasteiger partial charge is 0.280 e. The Balaban J connectivity index is 1.96. The van der Waals surface area contributed by atoms with E-state index in [1.54, 1.807) is 25.1 Å². The van der Waals surface area contributed by atoms with E-state index >= 15 is 0 Å². The van der Waals surface area contributed by atoms with Crippen LogP contribution in [0.2, 0.25) is 0 Å². The van der Waals surface area contributed by atoms with Crippen molar-refractivity contribution in [1.82, 2.24) is 0 Å². The van der Waals surface area contributed by atoms with Gasteiger partial charge < -0.3 is 9.84 Å². The maximum absolute atomic E-state index is 12.8. The maximum atomic E-state index is 12.8. The highest BCUT2D eigenvalue weighted by Crippen LogP contribution is 2.36. The molecule has 26 heavy (non-hydrogen) atoms. The Labute approximate surface area is 168 Å². The van der Waals surface area contributed by atoms with Crippen molar-refractivity contribution in [3.8, 4) is 11.5 Å². The van der Waals surface area contributed by atoms with Crippen LogP contribution in [0.4, 0.5) is 5.69 Å². The van der Waals surface area contributed by atoms with Gasteiger partial charge in [0.2, 0.25) is 0 Å². The van der Waals surface area contributed by atoms with E-state index in [4.69, 9.17) is 4.74 Å². The number of carbonyl (C=O) groups is 1. The van der Waals surface area contributed by atoms with E-state index in [-0.39, 0.29) is 11.7 Å². The number of carbonyl (C=O) groups excluding carboxylic acids is 1. The van der Waals surface area contributed by atoms with Crippen molar-refractivity contribution in [3.05, 3.63) is 56.5 Å². The van der Waals surface area contributed by atoms with Crippen LogP contribution >= 0.6 is 31.9 Å². The first-order valence-corrected chi connectivity index (χ1v) is 9.52.